The molecule has 140 valence electrons. The molecular weight excluding hydrogens is 382 g/mol. The Balaban J connectivity index is 1.80. The standard InChI is InChI=1S/C28H17NS/c1-2-9-19(10-3-1)29-22-13-7-6-12-21(22)26-23(29)15-17-25-28(26)27-20-11-5-4-8-18(20)14-16-24(27)30-25/h1-17H. The van der Waals surface area contributed by atoms with Gasteiger partial charge in [0.25, 0.3) is 0 Å². The first kappa shape index (κ1) is 16.2. The molecule has 0 fully saturated rings. The maximum Gasteiger partial charge on any atom is 0.0548 e. The van der Waals surface area contributed by atoms with Gasteiger partial charge in [-0.05, 0) is 47.2 Å². The van der Waals surface area contributed by atoms with Crippen molar-refractivity contribution in [1.29, 1.82) is 0 Å². The third-order valence-electron chi connectivity index (χ3n) is 6.18. The number of benzene rings is 5. The molecule has 30 heavy (non-hydrogen) atoms. The van der Waals surface area contributed by atoms with Crippen molar-refractivity contribution in [2.75, 3.05) is 0 Å². The molecule has 0 aliphatic rings. The molecule has 2 heterocycles. The summed E-state index contributed by atoms with van der Waals surface area (Å²) in [6, 6.07) is 37.4. The number of rotatable bonds is 1. The van der Waals surface area contributed by atoms with Crippen molar-refractivity contribution >= 4 is 64.1 Å². The van der Waals surface area contributed by atoms with Crippen LogP contribution in [0.2, 0.25) is 0 Å². The summed E-state index contributed by atoms with van der Waals surface area (Å²) in [5, 5.41) is 8.08. The van der Waals surface area contributed by atoms with Gasteiger partial charge in [0.2, 0.25) is 0 Å². The fraction of sp³-hybridized carbons (Fsp3) is 0. The van der Waals surface area contributed by atoms with E-state index >= 15 is 0 Å². The summed E-state index contributed by atoms with van der Waals surface area (Å²) in [7, 11) is 0. The highest BCUT2D eigenvalue weighted by molar-refractivity contribution is 7.26. The zero-order valence-corrected chi connectivity index (χ0v) is 17.0. The summed E-state index contributed by atoms with van der Waals surface area (Å²) in [4.78, 5) is 0. The average molecular weight is 400 g/mol. The molecule has 0 unspecified atom stereocenters. The highest BCUT2D eigenvalue weighted by Crippen LogP contribution is 2.45. The number of thiophene rings is 1. The van der Waals surface area contributed by atoms with Gasteiger partial charge in [-0.1, -0.05) is 66.7 Å². The molecule has 7 rings (SSSR count). The van der Waals surface area contributed by atoms with Crippen LogP contribution in [0.4, 0.5) is 0 Å². The van der Waals surface area contributed by atoms with E-state index in [4.69, 9.17) is 0 Å². The maximum atomic E-state index is 2.40. The lowest BCUT2D eigenvalue weighted by Gasteiger charge is -2.07. The molecule has 2 aromatic heterocycles. The third kappa shape index (κ3) is 2.06. The Morgan fingerprint density at radius 3 is 2.07 bits per heavy atom. The average Bonchev–Trinajstić information content (AvgIpc) is 3.35. The highest BCUT2D eigenvalue weighted by atomic mass is 32.1. The second-order valence-corrected chi connectivity index (χ2v) is 8.87. The largest absolute Gasteiger partial charge is 0.309 e. The van der Waals surface area contributed by atoms with Crippen molar-refractivity contribution in [1.82, 2.24) is 4.57 Å². The first-order valence-electron chi connectivity index (χ1n) is 10.2. The number of nitrogens with zero attached hydrogens (tertiary/aromatic N) is 1. The van der Waals surface area contributed by atoms with Crippen LogP contribution in [0.3, 0.4) is 0 Å². The number of hydrogen-bond donors (Lipinski definition) is 0. The summed E-state index contributed by atoms with van der Waals surface area (Å²) in [6.07, 6.45) is 0. The lowest BCUT2D eigenvalue weighted by atomic mass is 10.0. The topological polar surface area (TPSA) is 4.93 Å². The van der Waals surface area contributed by atoms with Crippen LogP contribution in [-0.2, 0) is 0 Å². The number of fused-ring (bicyclic) bond motifs is 9. The Morgan fingerprint density at radius 1 is 0.467 bits per heavy atom. The quantitative estimate of drug-likeness (QED) is 0.262. The number of aromatic nitrogens is 1. The summed E-state index contributed by atoms with van der Waals surface area (Å²) in [5.41, 5.74) is 3.72. The third-order valence-corrected chi connectivity index (χ3v) is 7.30. The van der Waals surface area contributed by atoms with Gasteiger partial charge in [-0.3, -0.25) is 0 Å². The molecule has 0 atom stereocenters. The molecule has 0 aliphatic heterocycles. The fourth-order valence-electron chi connectivity index (χ4n) is 4.94. The van der Waals surface area contributed by atoms with Gasteiger partial charge in [-0.25, -0.2) is 0 Å². The van der Waals surface area contributed by atoms with Crippen molar-refractivity contribution in [2.45, 2.75) is 0 Å². The van der Waals surface area contributed by atoms with Gasteiger partial charge in [0.1, 0.15) is 0 Å². The van der Waals surface area contributed by atoms with Crippen LogP contribution in [0.25, 0.3) is 58.4 Å². The minimum Gasteiger partial charge on any atom is -0.309 e. The smallest absolute Gasteiger partial charge is 0.0548 e. The summed E-state index contributed by atoms with van der Waals surface area (Å²) < 4.78 is 5.11. The van der Waals surface area contributed by atoms with E-state index in [1.54, 1.807) is 0 Å². The monoisotopic (exact) mass is 399 g/mol. The predicted octanol–water partition coefficient (Wildman–Crippen LogP) is 8.30. The summed E-state index contributed by atoms with van der Waals surface area (Å²) >= 11 is 1.90. The van der Waals surface area contributed by atoms with Gasteiger partial charge in [-0.15, -0.1) is 11.3 Å². The van der Waals surface area contributed by atoms with Crippen molar-refractivity contribution in [3.63, 3.8) is 0 Å². The van der Waals surface area contributed by atoms with E-state index in [-0.39, 0.29) is 0 Å². The molecule has 0 saturated heterocycles. The molecule has 0 saturated carbocycles. The van der Waals surface area contributed by atoms with E-state index in [2.05, 4.69) is 108 Å². The van der Waals surface area contributed by atoms with Crippen LogP contribution >= 0.6 is 11.3 Å². The minimum absolute atomic E-state index is 1.20. The first-order valence-corrected chi connectivity index (χ1v) is 11.0. The van der Waals surface area contributed by atoms with Crippen LogP contribution in [0, 0.1) is 0 Å². The fourth-order valence-corrected chi connectivity index (χ4v) is 6.07. The van der Waals surface area contributed by atoms with Gasteiger partial charge < -0.3 is 4.57 Å². The summed E-state index contributed by atoms with van der Waals surface area (Å²) in [5.74, 6) is 0. The van der Waals surface area contributed by atoms with Gasteiger partial charge in [0.15, 0.2) is 0 Å². The first-order chi connectivity index (χ1) is 14.9. The Hall–Kier alpha value is -3.62. The van der Waals surface area contributed by atoms with Crippen LogP contribution in [0.15, 0.2) is 103 Å². The van der Waals surface area contributed by atoms with Crippen LogP contribution in [0.1, 0.15) is 0 Å². The number of para-hydroxylation sites is 2. The normalized spacial score (nSPS) is 12.0. The zero-order chi connectivity index (χ0) is 19.7. The molecule has 0 spiro atoms. The van der Waals surface area contributed by atoms with Crippen molar-refractivity contribution in [3.8, 4) is 5.69 Å². The minimum atomic E-state index is 1.20. The molecular formula is C28H17NS. The lowest BCUT2D eigenvalue weighted by Crippen LogP contribution is -1.92. The molecule has 0 bridgehead atoms. The number of hydrogen-bond acceptors (Lipinski definition) is 1. The summed E-state index contributed by atoms with van der Waals surface area (Å²) in [6.45, 7) is 0. The Bertz CT molecular complexity index is 1740. The molecule has 5 aromatic carbocycles. The Morgan fingerprint density at radius 2 is 1.17 bits per heavy atom. The van der Waals surface area contributed by atoms with Crippen molar-refractivity contribution < 1.29 is 0 Å². The molecule has 0 aliphatic carbocycles. The van der Waals surface area contributed by atoms with Gasteiger partial charge >= 0.3 is 0 Å². The lowest BCUT2D eigenvalue weighted by molar-refractivity contribution is 1.18. The van der Waals surface area contributed by atoms with E-state index < -0.39 is 0 Å². The van der Waals surface area contributed by atoms with Gasteiger partial charge in [0.05, 0.1) is 11.0 Å². The van der Waals surface area contributed by atoms with Crippen molar-refractivity contribution in [3.05, 3.63) is 103 Å². The van der Waals surface area contributed by atoms with E-state index in [1.807, 2.05) is 11.3 Å². The second-order valence-electron chi connectivity index (χ2n) is 7.78. The molecule has 0 N–H and O–H groups in total. The predicted molar refractivity (Wildman–Crippen MR) is 131 cm³/mol. The van der Waals surface area contributed by atoms with E-state index in [0.29, 0.717) is 0 Å². The zero-order valence-electron chi connectivity index (χ0n) is 16.2. The van der Waals surface area contributed by atoms with Gasteiger partial charge in [-0.2, -0.15) is 0 Å². The maximum absolute atomic E-state index is 2.40. The highest BCUT2D eigenvalue weighted by Gasteiger charge is 2.18. The van der Waals surface area contributed by atoms with Gasteiger partial charge in [0, 0.05) is 36.6 Å². The SMILES string of the molecule is c1ccc(-n2c3ccccc3c3c4c(ccc32)sc2ccc3ccccc3c24)cc1. The molecule has 2 heteroatoms. The Labute approximate surface area is 177 Å². The van der Waals surface area contributed by atoms with Crippen LogP contribution < -0.4 is 0 Å². The molecule has 0 radical (unpaired) electrons. The molecule has 7 aromatic rings. The molecule has 0 amide bonds. The Kier molecular flexibility index (Phi) is 3.21. The molecule has 1 nitrogen and oxygen atoms in total. The van der Waals surface area contributed by atoms with Crippen LogP contribution in [-0.4, -0.2) is 4.57 Å². The van der Waals surface area contributed by atoms with Crippen molar-refractivity contribution in [2.24, 2.45) is 0 Å². The van der Waals surface area contributed by atoms with E-state index in [9.17, 15) is 0 Å². The van der Waals surface area contributed by atoms with Crippen LogP contribution in [0.5, 0.6) is 0 Å². The van der Waals surface area contributed by atoms with E-state index in [1.165, 1.54) is 58.4 Å². The second kappa shape index (κ2) is 5.94. The van der Waals surface area contributed by atoms with E-state index in [0.717, 1.165) is 0 Å².